The van der Waals surface area contributed by atoms with Crippen LogP contribution in [-0.2, 0) is 23.7 Å². The number of rotatable bonds is 5. The summed E-state index contributed by atoms with van der Waals surface area (Å²) in [7, 11) is 1.35. The zero-order valence-electron chi connectivity index (χ0n) is 23.1. The minimum absolute atomic E-state index is 0.0509. The largest absolute Gasteiger partial charge is 0.465 e. The number of hydrogen-bond donors (Lipinski definition) is 1. The van der Waals surface area contributed by atoms with Crippen LogP contribution < -0.4 is 0 Å². The summed E-state index contributed by atoms with van der Waals surface area (Å²) < 4.78 is 94.2. The monoisotopic (exact) mass is 603 g/mol. The molecule has 2 amide bonds. The molecule has 13 heteroatoms. The van der Waals surface area contributed by atoms with Gasteiger partial charge in [-0.1, -0.05) is 6.07 Å². The summed E-state index contributed by atoms with van der Waals surface area (Å²) in [5.74, 6) is -1.95. The summed E-state index contributed by atoms with van der Waals surface area (Å²) in [6.07, 6.45) is -9.41. The minimum atomic E-state index is -5.00. The Bertz CT molecular complexity index is 1270. The van der Waals surface area contributed by atoms with E-state index in [4.69, 9.17) is 0 Å². The van der Waals surface area contributed by atoms with Gasteiger partial charge in [-0.2, -0.15) is 26.3 Å². The maximum atomic E-state index is 13.9. The van der Waals surface area contributed by atoms with Gasteiger partial charge in [0, 0.05) is 51.1 Å². The molecule has 2 heterocycles. The van der Waals surface area contributed by atoms with Gasteiger partial charge in [0.1, 0.15) is 5.82 Å². The Hall–Kier alpha value is -3.35. The molecule has 0 unspecified atom stereocenters. The molecule has 0 radical (unpaired) electrons. The smallest absolute Gasteiger partial charge is 0.416 e. The highest BCUT2D eigenvalue weighted by molar-refractivity contribution is 5.80. The molecule has 2 aliphatic heterocycles. The van der Waals surface area contributed by atoms with Crippen molar-refractivity contribution in [3.8, 4) is 0 Å². The first-order chi connectivity index (χ1) is 19.5. The zero-order chi connectivity index (χ0) is 31.0. The molecule has 0 aromatic heterocycles. The van der Waals surface area contributed by atoms with E-state index in [9.17, 15) is 45.4 Å². The van der Waals surface area contributed by atoms with Crippen molar-refractivity contribution in [2.45, 2.75) is 57.0 Å². The van der Waals surface area contributed by atoms with Crippen molar-refractivity contribution in [2.75, 3.05) is 33.2 Å². The number of nitrogens with zero attached hydrogens (tertiary/aromatic N) is 3. The fourth-order valence-corrected chi connectivity index (χ4v) is 6.14. The van der Waals surface area contributed by atoms with Crippen LogP contribution in [0.25, 0.3) is 0 Å². The molecule has 230 valence electrons. The van der Waals surface area contributed by atoms with Crippen LogP contribution in [0.15, 0.2) is 36.4 Å². The molecule has 2 aliphatic rings. The molecule has 2 atom stereocenters. The van der Waals surface area contributed by atoms with Gasteiger partial charge in [0.15, 0.2) is 0 Å². The Morgan fingerprint density at radius 2 is 1.52 bits per heavy atom. The Kier molecular flexibility index (Phi) is 9.10. The molecule has 2 aromatic carbocycles. The predicted octanol–water partition coefficient (Wildman–Crippen LogP) is 6.38. The van der Waals surface area contributed by atoms with Crippen LogP contribution in [0.3, 0.4) is 0 Å². The second-order valence-electron chi connectivity index (χ2n) is 11.1. The number of alkyl halides is 6. The lowest BCUT2D eigenvalue weighted by Gasteiger charge is -2.45. The van der Waals surface area contributed by atoms with Crippen LogP contribution in [0.2, 0.25) is 0 Å². The molecule has 2 aromatic rings. The predicted molar refractivity (Wildman–Crippen MR) is 139 cm³/mol. The van der Waals surface area contributed by atoms with Crippen LogP contribution in [0.5, 0.6) is 0 Å². The summed E-state index contributed by atoms with van der Waals surface area (Å²) in [5, 5.41) is 9.27. The number of benzene rings is 2. The van der Waals surface area contributed by atoms with Gasteiger partial charge in [-0.3, -0.25) is 9.69 Å². The number of hydrogen-bond acceptors (Lipinski definition) is 3. The summed E-state index contributed by atoms with van der Waals surface area (Å²) in [5.41, 5.74) is -1.85. The van der Waals surface area contributed by atoms with E-state index in [1.807, 2.05) is 0 Å². The van der Waals surface area contributed by atoms with E-state index in [1.165, 1.54) is 24.1 Å². The molecule has 0 aliphatic carbocycles. The minimum Gasteiger partial charge on any atom is -0.465 e. The summed E-state index contributed by atoms with van der Waals surface area (Å²) >= 11 is 0. The van der Waals surface area contributed by atoms with Crippen molar-refractivity contribution in [2.24, 2.45) is 5.92 Å². The van der Waals surface area contributed by atoms with Crippen molar-refractivity contribution in [3.05, 3.63) is 70.0 Å². The first kappa shape index (κ1) is 31.6. The molecule has 2 saturated heterocycles. The van der Waals surface area contributed by atoms with Crippen LogP contribution >= 0.6 is 0 Å². The third-order valence-corrected chi connectivity index (χ3v) is 8.29. The molecule has 4 rings (SSSR count). The average molecular weight is 604 g/mol. The van der Waals surface area contributed by atoms with E-state index in [0.29, 0.717) is 63.1 Å². The van der Waals surface area contributed by atoms with Crippen LogP contribution in [0.1, 0.15) is 53.0 Å². The Morgan fingerprint density at radius 3 is 2.05 bits per heavy atom. The number of carbonyl (C=O) groups is 2. The fourth-order valence-electron chi connectivity index (χ4n) is 6.14. The molecule has 2 fully saturated rings. The number of carboxylic acid groups (broad SMARTS) is 1. The lowest BCUT2D eigenvalue weighted by molar-refractivity contribution is -0.143. The molecule has 6 nitrogen and oxygen atoms in total. The van der Waals surface area contributed by atoms with Gasteiger partial charge in [0.05, 0.1) is 11.1 Å². The molecular formula is C29H32F7N3O3. The Labute approximate surface area is 238 Å². The van der Waals surface area contributed by atoms with Gasteiger partial charge in [0.2, 0.25) is 5.91 Å². The summed E-state index contributed by atoms with van der Waals surface area (Å²) in [4.78, 5) is 29.7. The maximum Gasteiger partial charge on any atom is 0.416 e. The fraction of sp³-hybridized carbons (Fsp3) is 0.517. The van der Waals surface area contributed by atoms with Crippen molar-refractivity contribution < 1.29 is 45.4 Å². The molecule has 0 bridgehead atoms. The Morgan fingerprint density at radius 1 is 0.929 bits per heavy atom. The number of amides is 2. The van der Waals surface area contributed by atoms with Gasteiger partial charge < -0.3 is 14.9 Å². The van der Waals surface area contributed by atoms with E-state index in [1.54, 1.807) is 13.0 Å². The third kappa shape index (κ3) is 7.16. The number of halogens is 7. The van der Waals surface area contributed by atoms with Gasteiger partial charge in [-0.05, 0) is 79.8 Å². The van der Waals surface area contributed by atoms with Crippen molar-refractivity contribution in [1.29, 1.82) is 0 Å². The molecule has 0 spiro atoms. The second-order valence-corrected chi connectivity index (χ2v) is 11.1. The second kappa shape index (κ2) is 12.1. The topological polar surface area (TPSA) is 64.1 Å². The molecule has 1 N–H and O–H groups in total. The van der Waals surface area contributed by atoms with Crippen LogP contribution in [-0.4, -0.2) is 71.1 Å². The summed E-state index contributed by atoms with van der Waals surface area (Å²) in [6.45, 7) is 2.91. The van der Waals surface area contributed by atoms with E-state index >= 15 is 0 Å². The average Bonchev–Trinajstić information content (AvgIpc) is 2.91. The van der Waals surface area contributed by atoms with Gasteiger partial charge in [-0.15, -0.1) is 0 Å². The number of piperidine rings is 2. The quantitative estimate of drug-likeness (QED) is 0.403. The molecule has 42 heavy (non-hydrogen) atoms. The zero-order valence-corrected chi connectivity index (χ0v) is 23.1. The third-order valence-electron chi connectivity index (χ3n) is 8.29. The standard InChI is InChI=1S/C29H32F7N3O3/c1-17-11-21(30)3-4-23(17)25-16-39(22-5-8-38(9-6-22)27(41)42)10-7-24(25)26(40)37(2)15-18-12-19(28(31,32)33)14-20(13-18)29(34,35)36/h3-4,11-14,22,24-25H,5-10,15-16H2,1-2H3,(H,41,42)/t24-,25+/m1/s1. The molecule has 0 saturated carbocycles. The number of likely N-dealkylation sites (tertiary alicyclic amines) is 2. The van der Waals surface area contributed by atoms with Gasteiger partial charge in [0.25, 0.3) is 0 Å². The van der Waals surface area contributed by atoms with Gasteiger partial charge in [-0.25, -0.2) is 9.18 Å². The first-order valence-corrected chi connectivity index (χ1v) is 13.6. The van der Waals surface area contributed by atoms with Crippen molar-refractivity contribution in [1.82, 2.24) is 14.7 Å². The highest BCUT2D eigenvalue weighted by atomic mass is 19.4. The van der Waals surface area contributed by atoms with Crippen LogP contribution in [0.4, 0.5) is 35.5 Å². The van der Waals surface area contributed by atoms with Crippen molar-refractivity contribution in [3.63, 3.8) is 0 Å². The number of carbonyl (C=O) groups excluding carboxylic acids is 1. The van der Waals surface area contributed by atoms with E-state index in [2.05, 4.69) is 4.90 Å². The highest BCUT2D eigenvalue weighted by Gasteiger charge is 2.41. The van der Waals surface area contributed by atoms with E-state index in [0.717, 1.165) is 10.5 Å². The lowest BCUT2D eigenvalue weighted by Crippen LogP contribution is -2.52. The normalized spacial score (nSPS) is 20.9. The SMILES string of the molecule is Cc1cc(F)ccc1[C@@H]1CN(C2CCN(C(=O)O)CC2)CC[C@H]1C(=O)N(C)Cc1cc(C(F)(F)F)cc(C(F)(F)F)c1. The Balaban J connectivity index is 1.58. The highest BCUT2D eigenvalue weighted by Crippen LogP contribution is 2.39. The number of aryl methyl sites for hydroxylation is 1. The van der Waals surface area contributed by atoms with Gasteiger partial charge >= 0.3 is 18.4 Å². The van der Waals surface area contributed by atoms with E-state index in [-0.39, 0.29) is 17.7 Å². The molecular weight excluding hydrogens is 571 g/mol. The van der Waals surface area contributed by atoms with E-state index < -0.39 is 59.7 Å². The first-order valence-electron chi connectivity index (χ1n) is 13.6. The lowest BCUT2D eigenvalue weighted by atomic mass is 9.77. The van der Waals surface area contributed by atoms with Crippen molar-refractivity contribution >= 4 is 12.0 Å². The summed E-state index contributed by atoms with van der Waals surface area (Å²) in [6, 6.07) is 5.61. The van der Waals surface area contributed by atoms with Crippen LogP contribution in [0, 0.1) is 18.7 Å². The maximum absolute atomic E-state index is 13.9.